The highest BCUT2D eigenvalue weighted by Gasteiger charge is 2.64. The largest absolute Gasteiger partial charge is 0.425 e. The normalized spacial score (nSPS) is 18.0. The van der Waals surface area contributed by atoms with E-state index in [4.69, 9.17) is 0 Å². The molecule has 0 nitrogen and oxygen atoms in total. The molecule has 23 heavy (non-hydrogen) atoms. The van der Waals surface area contributed by atoms with Gasteiger partial charge < -0.3 is 0 Å². The molecule has 0 saturated heterocycles. The van der Waals surface area contributed by atoms with Crippen LogP contribution in [0, 0.1) is 5.41 Å². The smallest absolute Gasteiger partial charge is 0.231 e. The first-order chi connectivity index (χ1) is 9.77. The van der Waals surface area contributed by atoms with Gasteiger partial charge in [0.05, 0.1) is 0 Å². The van der Waals surface area contributed by atoms with Crippen LogP contribution in [0.1, 0.15) is 26.7 Å². The highest BCUT2D eigenvalue weighted by molar-refractivity contribution is 4.96. The fourth-order valence-corrected chi connectivity index (χ4v) is 1.56. The van der Waals surface area contributed by atoms with E-state index in [0.717, 1.165) is 0 Å². The first-order valence-corrected chi connectivity index (χ1v) is 5.94. The zero-order valence-electron chi connectivity index (χ0n) is 11.6. The van der Waals surface area contributed by atoms with Crippen molar-refractivity contribution in [2.24, 2.45) is 5.41 Å². The van der Waals surface area contributed by atoms with Gasteiger partial charge in [-0.15, -0.1) is 0 Å². The van der Waals surface area contributed by atoms with Gasteiger partial charge in [0.25, 0.3) is 24.2 Å². The zero-order valence-corrected chi connectivity index (χ0v) is 11.6. The average Bonchev–Trinajstić information content (AvgIpc) is 2.32. The Morgan fingerprint density at radius 1 is 0.609 bits per heavy atom. The minimum absolute atomic E-state index is 0.266. The van der Waals surface area contributed by atoms with Crippen molar-refractivity contribution in [3.8, 4) is 0 Å². The Balaban J connectivity index is 5.21. The Hall–Kier alpha value is -0.840. The fourth-order valence-electron chi connectivity index (χ4n) is 1.56. The van der Waals surface area contributed by atoms with Crippen molar-refractivity contribution in [2.45, 2.75) is 63.2 Å². The summed E-state index contributed by atoms with van der Waals surface area (Å²) in [5, 5.41) is 0. The molecule has 0 rings (SSSR count). The van der Waals surface area contributed by atoms with Crippen molar-refractivity contribution in [1.82, 2.24) is 0 Å². The second kappa shape index (κ2) is 6.23. The van der Waals surface area contributed by atoms with Crippen LogP contribution in [0.2, 0.25) is 0 Å². The molecule has 0 aromatic rings. The third-order valence-corrected chi connectivity index (χ3v) is 3.25. The van der Waals surface area contributed by atoms with E-state index in [9.17, 15) is 52.7 Å². The van der Waals surface area contributed by atoms with E-state index in [0.29, 0.717) is 0 Å². The molecule has 2 atom stereocenters. The molecule has 0 N–H and O–H groups in total. The van der Waals surface area contributed by atoms with Crippen molar-refractivity contribution in [1.29, 1.82) is 0 Å². The second-order valence-corrected chi connectivity index (χ2v) is 5.58. The van der Waals surface area contributed by atoms with Crippen LogP contribution < -0.4 is 0 Å². The van der Waals surface area contributed by atoms with Gasteiger partial charge in [-0.25, -0.2) is 26.3 Å². The lowest BCUT2D eigenvalue weighted by molar-refractivity contribution is -0.277. The number of alkyl halides is 12. The number of hydrogen-bond acceptors (Lipinski definition) is 0. The molecule has 2 unspecified atom stereocenters. The van der Waals surface area contributed by atoms with Gasteiger partial charge in [-0.05, 0) is 6.42 Å². The first-order valence-electron chi connectivity index (χ1n) is 5.94. The average molecular weight is 372 g/mol. The maximum atomic E-state index is 13.4. The lowest BCUT2D eigenvalue weighted by Crippen LogP contribution is -2.52. The van der Waals surface area contributed by atoms with E-state index in [1.165, 1.54) is 0 Å². The predicted molar refractivity (Wildman–Crippen MR) is 54.8 cm³/mol. The van der Waals surface area contributed by atoms with Crippen molar-refractivity contribution in [2.75, 3.05) is 0 Å². The maximum Gasteiger partial charge on any atom is 0.425 e. The van der Waals surface area contributed by atoms with Crippen LogP contribution in [-0.2, 0) is 0 Å². The maximum absolute atomic E-state index is 13.4. The van der Waals surface area contributed by atoms with Crippen LogP contribution in [0.15, 0.2) is 0 Å². The monoisotopic (exact) mass is 372 g/mol. The molecule has 0 radical (unpaired) electrons. The van der Waals surface area contributed by atoms with Crippen molar-refractivity contribution < 1.29 is 52.7 Å². The molecule has 0 aliphatic rings. The molecule has 0 aromatic heterocycles. The summed E-state index contributed by atoms with van der Waals surface area (Å²) in [5.41, 5.74) is -3.10. The van der Waals surface area contributed by atoms with Gasteiger partial charge in [0.1, 0.15) is 0 Å². The number of hydrogen-bond donors (Lipinski definition) is 0. The first kappa shape index (κ1) is 22.2. The summed E-state index contributed by atoms with van der Waals surface area (Å²) in [4.78, 5) is 0. The van der Waals surface area contributed by atoms with Crippen LogP contribution in [0.4, 0.5) is 52.7 Å². The third-order valence-electron chi connectivity index (χ3n) is 3.25. The molecular weight excluding hydrogens is 360 g/mol. The molecule has 12 heteroatoms. The second-order valence-electron chi connectivity index (χ2n) is 5.58. The Bertz CT molecular complexity index is 391. The number of rotatable bonds is 6. The molecule has 0 aliphatic heterocycles. The zero-order chi connectivity index (χ0) is 19.1. The van der Waals surface area contributed by atoms with E-state index in [1.54, 1.807) is 0 Å². The molecule has 140 valence electrons. The van der Waals surface area contributed by atoms with Gasteiger partial charge in [0.15, 0.2) is 0 Å². The summed E-state index contributed by atoms with van der Waals surface area (Å²) in [6.45, 7) is 0.532. The molecule has 0 heterocycles. The molecule has 0 amide bonds. The standard InChI is InChI=1S/C11H12F12/c1-7(2,9(16,17)6(13)11(21,22)23)3-4-8(14,15)5(12)10(18,19)20/h5-6H,3-4H2,1-2H3. The molecule has 0 saturated carbocycles. The summed E-state index contributed by atoms with van der Waals surface area (Å²) in [7, 11) is 0. The molecular formula is C11H12F12. The minimum Gasteiger partial charge on any atom is -0.231 e. The summed E-state index contributed by atoms with van der Waals surface area (Å²) < 4.78 is 150. The minimum atomic E-state index is -6.00. The van der Waals surface area contributed by atoms with Crippen LogP contribution >= 0.6 is 0 Å². The van der Waals surface area contributed by atoms with Gasteiger partial charge >= 0.3 is 12.4 Å². The summed E-state index contributed by atoms with van der Waals surface area (Å²) in [6, 6.07) is 0. The molecule has 0 aromatic carbocycles. The van der Waals surface area contributed by atoms with E-state index in [1.807, 2.05) is 0 Å². The lowest BCUT2D eigenvalue weighted by atomic mass is 9.77. The SMILES string of the molecule is CC(C)(CCC(F)(F)C(F)C(F)(F)F)C(F)(F)C(F)C(F)(F)F. The summed E-state index contributed by atoms with van der Waals surface area (Å²) >= 11 is 0. The Kier molecular flexibility index (Phi) is 6.00. The van der Waals surface area contributed by atoms with E-state index < -0.39 is 54.8 Å². The molecule has 0 aliphatic carbocycles. The molecule has 0 spiro atoms. The fraction of sp³-hybridized carbons (Fsp3) is 1.00. The Labute approximate surface area is 122 Å². The third kappa shape index (κ3) is 5.07. The van der Waals surface area contributed by atoms with Crippen molar-refractivity contribution in [3.05, 3.63) is 0 Å². The van der Waals surface area contributed by atoms with Crippen LogP contribution in [-0.4, -0.2) is 36.5 Å². The van der Waals surface area contributed by atoms with Crippen LogP contribution in [0.3, 0.4) is 0 Å². The van der Waals surface area contributed by atoms with Gasteiger partial charge in [0, 0.05) is 11.8 Å². The van der Waals surface area contributed by atoms with Gasteiger partial charge in [-0.3, -0.25) is 0 Å². The van der Waals surface area contributed by atoms with Gasteiger partial charge in [-0.1, -0.05) is 13.8 Å². The number of halogens is 12. The Morgan fingerprint density at radius 2 is 0.957 bits per heavy atom. The lowest BCUT2D eigenvalue weighted by Gasteiger charge is -2.37. The van der Waals surface area contributed by atoms with Crippen LogP contribution in [0.25, 0.3) is 0 Å². The van der Waals surface area contributed by atoms with Crippen LogP contribution in [0.5, 0.6) is 0 Å². The molecule has 0 bridgehead atoms. The summed E-state index contributed by atoms with van der Waals surface area (Å²) in [6.07, 6.45) is -25.2. The highest BCUT2D eigenvalue weighted by atomic mass is 19.4. The quantitative estimate of drug-likeness (QED) is 0.512. The Morgan fingerprint density at radius 3 is 1.26 bits per heavy atom. The summed E-state index contributed by atoms with van der Waals surface area (Å²) in [5.74, 6) is -10.3. The highest BCUT2D eigenvalue weighted by Crippen LogP contribution is 2.50. The van der Waals surface area contributed by atoms with Crippen molar-refractivity contribution in [3.63, 3.8) is 0 Å². The topological polar surface area (TPSA) is 0 Å². The van der Waals surface area contributed by atoms with Gasteiger partial charge in [0.2, 0.25) is 0 Å². The molecule has 0 fully saturated rings. The van der Waals surface area contributed by atoms with E-state index in [-0.39, 0.29) is 13.8 Å². The van der Waals surface area contributed by atoms with E-state index >= 15 is 0 Å². The van der Waals surface area contributed by atoms with Gasteiger partial charge in [-0.2, -0.15) is 26.3 Å². The van der Waals surface area contributed by atoms with Crippen molar-refractivity contribution >= 4 is 0 Å². The van der Waals surface area contributed by atoms with E-state index in [2.05, 4.69) is 0 Å². The predicted octanol–water partition coefficient (Wildman–Crippen LogP) is 5.86.